The van der Waals surface area contributed by atoms with Gasteiger partial charge in [-0.05, 0) is 61.1 Å². The van der Waals surface area contributed by atoms with Gasteiger partial charge in [-0.15, -0.1) is 0 Å². The Labute approximate surface area is 197 Å². The van der Waals surface area contributed by atoms with Crippen molar-refractivity contribution in [2.24, 2.45) is 23.7 Å². The quantitative estimate of drug-likeness (QED) is 0.498. The van der Waals surface area contributed by atoms with E-state index < -0.39 is 0 Å². The highest BCUT2D eigenvalue weighted by molar-refractivity contribution is 5.63. The summed E-state index contributed by atoms with van der Waals surface area (Å²) in [7, 11) is 0. The first-order valence-electron chi connectivity index (χ1n) is 12.8. The Morgan fingerprint density at radius 3 is 2.42 bits per heavy atom. The van der Waals surface area contributed by atoms with Gasteiger partial charge in [-0.3, -0.25) is 0 Å². The van der Waals surface area contributed by atoms with Gasteiger partial charge in [0.05, 0.1) is 12.7 Å². The van der Waals surface area contributed by atoms with Gasteiger partial charge in [0.15, 0.2) is 6.29 Å². The second-order valence-electron chi connectivity index (χ2n) is 11.2. The molecule has 4 nitrogen and oxygen atoms in total. The number of fused-ring (bicyclic) bond motifs is 2. The van der Waals surface area contributed by atoms with Crippen molar-refractivity contribution in [3.8, 4) is 11.1 Å². The van der Waals surface area contributed by atoms with Crippen LogP contribution in [0, 0.1) is 23.7 Å². The van der Waals surface area contributed by atoms with Crippen LogP contribution in [0.25, 0.3) is 11.1 Å². The summed E-state index contributed by atoms with van der Waals surface area (Å²) in [5, 5.41) is 0. The molecule has 8 atom stereocenters. The Morgan fingerprint density at radius 2 is 1.64 bits per heavy atom. The predicted octanol–water partition coefficient (Wildman–Crippen LogP) is 6.54. The first-order chi connectivity index (χ1) is 16.0. The minimum Gasteiger partial charge on any atom is -0.348 e. The van der Waals surface area contributed by atoms with Crippen molar-refractivity contribution in [1.82, 2.24) is 0 Å². The summed E-state index contributed by atoms with van der Waals surface area (Å²) in [6.07, 6.45) is 5.35. The van der Waals surface area contributed by atoms with Crippen LogP contribution in [0.1, 0.15) is 58.4 Å². The van der Waals surface area contributed by atoms with Gasteiger partial charge in [0.1, 0.15) is 11.2 Å². The van der Waals surface area contributed by atoms with E-state index in [1.54, 1.807) is 0 Å². The smallest absolute Gasteiger partial charge is 0.161 e. The van der Waals surface area contributed by atoms with Crippen LogP contribution in [-0.4, -0.2) is 23.6 Å². The molecule has 2 aromatic carbocycles. The fraction of sp³-hybridized carbons (Fsp3) is 0.586. The molecule has 176 valence electrons. The Bertz CT molecular complexity index is 975. The second kappa shape index (κ2) is 8.20. The van der Waals surface area contributed by atoms with Gasteiger partial charge < -0.3 is 9.47 Å². The average molecular weight is 449 g/mol. The van der Waals surface area contributed by atoms with E-state index in [0.717, 1.165) is 19.3 Å². The van der Waals surface area contributed by atoms with Crippen LogP contribution in [0.5, 0.6) is 0 Å². The minimum atomic E-state index is -0.315. The molecule has 2 aliphatic carbocycles. The average Bonchev–Trinajstić information content (AvgIpc) is 3.07. The highest BCUT2D eigenvalue weighted by Gasteiger charge is 2.68. The first-order valence-corrected chi connectivity index (χ1v) is 12.8. The lowest BCUT2D eigenvalue weighted by Crippen LogP contribution is -2.69. The molecule has 3 saturated heterocycles. The Balaban J connectivity index is 1.20. The summed E-state index contributed by atoms with van der Waals surface area (Å²) in [5.41, 5.74) is 3.07. The number of ether oxygens (including phenoxy) is 2. The molecule has 0 unspecified atom stereocenters. The third kappa shape index (κ3) is 3.58. The van der Waals surface area contributed by atoms with Crippen molar-refractivity contribution in [1.29, 1.82) is 0 Å². The summed E-state index contributed by atoms with van der Waals surface area (Å²) >= 11 is 0. The van der Waals surface area contributed by atoms with Gasteiger partial charge in [0.25, 0.3) is 0 Å². The van der Waals surface area contributed by atoms with Crippen molar-refractivity contribution in [2.45, 2.75) is 83.1 Å². The van der Waals surface area contributed by atoms with Gasteiger partial charge >= 0.3 is 0 Å². The molecule has 0 N–H and O–H groups in total. The molecule has 3 aliphatic heterocycles. The van der Waals surface area contributed by atoms with Crippen LogP contribution in [0.15, 0.2) is 54.6 Å². The normalized spacial score (nSPS) is 41.9. The topological polar surface area (TPSA) is 36.9 Å². The minimum absolute atomic E-state index is 0.0400. The van der Waals surface area contributed by atoms with E-state index in [9.17, 15) is 0 Å². The first kappa shape index (κ1) is 21.8. The molecule has 5 fully saturated rings. The molecular formula is C29H36O4. The molecule has 0 aromatic heterocycles. The zero-order valence-corrected chi connectivity index (χ0v) is 20.0. The molecule has 4 heteroatoms. The molecule has 2 aromatic rings. The van der Waals surface area contributed by atoms with E-state index in [-0.39, 0.29) is 29.5 Å². The fourth-order valence-electron chi connectivity index (χ4n) is 7.21. The molecule has 0 amide bonds. The maximum Gasteiger partial charge on any atom is 0.161 e. The molecular weight excluding hydrogens is 412 g/mol. The highest BCUT2D eigenvalue weighted by Crippen LogP contribution is 2.61. The SMILES string of the molecule is C[C@H]1[C@H](OCc2ccc(-c3ccccc3)cc2)O[C@H]2C[C@]3(C)CC[C@H]4[C@H](C)CC[C@@H]1[C@@]24OO3. The van der Waals surface area contributed by atoms with Gasteiger partial charge in [-0.1, -0.05) is 68.4 Å². The Hall–Kier alpha value is -1.72. The molecule has 1 spiro atoms. The van der Waals surface area contributed by atoms with E-state index >= 15 is 0 Å². The van der Waals surface area contributed by atoms with Crippen molar-refractivity contribution in [3.05, 3.63) is 60.2 Å². The monoisotopic (exact) mass is 448 g/mol. The number of hydrogen-bond donors (Lipinski definition) is 0. The third-order valence-corrected chi connectivity index (χ3v) is 9.11. The van der Waals surface area contributed by atoms with E-state index in [1.165, 1.54) is 29.5 Å². The summed E-state index contributed by atoms with van der Waals surface area (Å²) in [4.78, 5) is 12.5. The van der Waals surface area contributed by atoms with Gasteiger partial charge in [-0.25, -0.2) is 9.78 Å². The zero-order valence-electron chi connectivity index (χ0n) is 20.0. The third-order valence-electron chi connectivity index (χ3n) is 9.11. The van der Waals surface area contributed by atoms with Crippen molar-refractivity contribution < 1.29 is 19.2 Å². The molecule has 33 heavy (non-hydrogen) atoms. The summed E-state index contributed by atoms with van der Waals surface area (Å²) in [6.45, 7) is 7.42. The maximum atomic E-state index is 6.74. The van der Waals surface area contributed by atoms with Crippen molar-refractivity contribution >= 4 is 0 Å². The van der Waals surface area contributed by atoms with Crippen molar-refractivity contribution in [2.75, 3.05) is 0 Å². The summed E-state index contributed by atoms with van der Waals surface area (Å²) < 4.78 is 13.2. The van der Waals surface area contributed by atoms with Crippen LogP contribution in [-0.2, 0) is 25.9 Å². The lowest BCUT2D eigenvalue weighted by Gasteiger charge is -2.61. The molecule has 7 rings (SSSR count). The van der Waals surface area contributed by atoms with E-state index in [2.05, 4.69) is 69.3 Å². The van der Waals surface area contributed by atoms with Crippen LogP contribution < -0.4 is 0 Å². The Kier molecular flexibility index (Phi) is 5.41. The lowest BCUT2D eigenvalue weighted by atomic mass is 9.56. The van der Waals surface area contributed by atoms with E-state index in [4.69, 9.17) is 19.2 Å². The van der Waals surface area contributed by atoms with Crippen molar-refractivity contribution in [3.63, 3.8) is 0 Å². The lowest BCUT2D eigenvalue weighted by molar-refractivity contribution is -0.496. The van der Waals surface area contributed by atoms with Gasteiger partial charge in [0, 0.05) is 18.3 Å². The van der Waals surface area contributed by atoms with E-state index in [0.29, 0.717) is 24.4 Å². The summed E-state index contributed by atoms with van der Waals surface area (Å²) in [6, 6.07) is 19.2. The molecule has 3 heterocycles. The van der Waals surface area contributed by atoms with Crippen LogP contribution in [0.3, 0.4) is 0 Å². The number of benzene rings is 2. The molecule has 0 radical (unpaired) electrons. The van der Waals surface area contributed by atoms with Crippen LogP contribution in [0.2, 0.25) is 0 Å². The van der Waals surface area contributed by atoms with E-state index in [1.807, 2.05) is 6.07 Å². The van der Waals surface area contributed by atoms with Crippen LogP contribution in [0.4, 0.5) is 0 Å². The fourth-order valence-corrected chi connectivity index (χ4v) is 7.21. The zero-order chi connectivity index (χ0) is 22.6. The number of rotatable bonds is 4. The Morgan fingerprint density at radius 1 is 0.879 bits per heavy atom. The highest BCUT2D eigenvalue weighted by atomic mass is 17.2. The van der Waals surface area contributed by atoms with Crippen LogP contribution >= 0.6 is 0 Å². The maximum absolute atomic E-state index is 6.74. The molecule has 5 aliphatic rings. The predicted molar refractivity (Wildman–Crippen MR) is 127 cm³/mol. The second-order valence-corrected chi connectivity index (χ2v) is 11.2. The molecule has 2 saturated carbocycles. The summed E-state index contributed by atoms with van der Waals surface area (Å²) in [5.74, 6) is 1.82. The van der Waals surface area contributed by atoms with Gasteiger partial charge in [0.2, 0.25) is 0 Å². The molecule has 2 bridgehead atoms. The standard InChI is InChI=1S/C29H36O4/c1-19-9-14-25-20(2)27(31-26-17-28(3)16-15-24(19)29(25,26)33-32-28)30-18-21-10-12-23(13-11-21)22-7-5-4-6-8-22/h4-8,10-13,19-20,24-27H,9,14-18H2,1-3H3/t19-,20-,24+,25+,26+,27-,28+,29-/m1/s1. The largest absolute Gasteiger partial charge is 0.348 e. The number of hydrogen-bond acceptors (Lipinski definition) is 4. The van der Waals surface area contributed by atoms with Gasteiger partial charge in [-0.2, -0.15) is 0 Å².